The first kappa shape index (κ1) is 13.5. The predicted octanol–water partition coefficient (Wildman–Crippen LogP) is 2.96. The van der Waals surface area contributed by atoms with Crippen molar-refractivity contribution >= 4 is 0 Å². The van der Waals surface area contributed by atoms with Gasteiger partial charge in [-0.15, -0.1) is 0 Å². The van der Waals surface area contributed by atoms with Crippen molar-refractivity contribution < 1.29 is 9.50 Å². The van der Waals surface area contributed by atoms with Crippen LogP contribution in [0.25, 0.3) is 0 Å². The molecule has 1 saturated carbocycles. The third-order valence-electron chi connectivity index (χ3n) is 3.93. The Bertz CT molecular complexity index is 373. The molecule has 1 fully saturated rings. The quantitative estimate of drug-likeness (QED) is 0.862. The zero-order valence-corrected chi connectivity index (χ0v) is 11.0. The summed E-state index contributed by atoms with van der Waals surface area (Å²) in [6, 6.07) is 6.86. The fourth-order valence-corrected chi connectivity index (χ4v) is 2.74. The number of hydrogen-bond donors (Lipinski definition) is 2. The molecular formula is C15H22FNO. The minimum atomic E-state index is -0.476. The van der Waals surface area contributed by atoms with Crippen molar-refractivity contribution in [2.45, 2.75) is 50.6 Å². The lowest BCUT2D eigenvalue weighted by Gasteiger charge is -2.36. The van der Waals surface area contributed by atoms with E-state index in [9.17, 15) is 9.50 Å². The van der Waals surface area contributed by atoms with Crippen molar-refractivity contribution in [3.63, 3.8) is 0 Å². The van der Waals surface area contributed by atoms with Gasteiger partial charge in [0.05, 0.1) is 12.1 Å². The van der Waals surface area contributed by atoms with Crippen LogP contribution < -0.4 is 5.32 Å². The van der Waals surface area contributed by atoms with E-state index in [4.69, 9.17) is 0 Å². The largest absolute Gasteiger partial charge is 0.394 e. The van der Waals surface area contributed by atoms with Gasteiger partial charge in [0.25, 0.3) is 0 Å². The van der Waals surface area contributed by atoms with Gasteiger partial charge in [0.15, 0.2) is 0 Å². The normalized spacial score (nSPS) is 20.6. The minimum absolute atomic E-state index is 0.0229. The van der Waals surface area contributed by atoms with Gasteiger partial charge in [-0.1, -0.05) is 31.4 Å². The fraction of sp³-hybridized carbons (Fsp3) is 0.600. The van der Waals surface area contributed by atoms with Crippen LogP contribution in [-0.2, 0) is 5.54 Å². The van der Waals surface area contributed by atoms with Crippen molar-refractivity contribution in [2.24, 2.45) is 0 Å². The smallest absolute Gasteiger partial charge is 0.123 e. The highest BCUT2D eigenvalue weighted by Crippen LogP contribution is 2.25. The lowest BCUT2D eigenvalue weighted by Crippen LogP contribution is -2.49. The van der Waals surface area contributed by atoms with Gasteiger partial charge in [0, 0.05) is 6.04 Å². The number of benzene rings is 1. The summed E-state index contributed by atoms with van der Waals surface area (Å²) >= 11 is 0. The summed E-state index contributed by atoms with van der Waals surface area (Å²) in [5, 5.41) is 13.2. The van der Waals surface area contributed by atoms with Gasteiger partial charge in [-0.25, -0.2) is 4.39 Å². The Hall–Kier alpha value is -0.930. The first-order chi connectivity index (χ1) is 8.64. The van der Waals surface area contributed by atoms with Gasteiger partial charge in [-0.05, 0) is 37.5 Å². The number of nitrogens with one attached hydrogen (secondary N) is 1. The molecule has 3 heteroatoms. The highest BCUT2D eigenvalue weighted by molar-refractivity contribution is 5.24. The van der Waals surface area contributed by atoms with Crippen molar-refractivity contribution in [2.75, 3.05) is 6.61 Å². The van der Waals surface area contributed by atoms with Crippen molar-refractivity contribution in [1.29, 1.82) is 0 Å². The number of aliphatic hydroxyl groups is 1. The molecule has 18 heavy (non-hydrogen) atoms. The maximum Gasteiger partial charge on any atom is 0.123 e. The molecule has 1 atom stereocenters. The minimum Gasteiger partial charge on any atom is -0.394 e. The van der Waals surface area contributed by atoms with Gasteiger partial charge in [-0.3, -0.25) is 0 Å². The van der Waals surface area contributed by atoms with E-state index in [1.54, 1.807) is 12.1 Å². The Morgan fingerprint density at radius 2 is 1.83 bits per heavy atom. The van der Waals surface area contributed by atoms with E-state index < -0.39 is 5.54 Å². The number of aliphatic hydroxyl groups excluding tert-OH is 1. The van der Waals surface area contributed by atoms with E-state index in [-0.39, 0.29) is 12.4 Å². The molecule has 0 amide bonds. The second-order valence-corrected chi connectivity index (χ2v) is 5.48. The van der Waals surface area contributed by atoms with E-state index in [1.807, 2.05) is 6.92 Å². The lowest BCUT2D eigenvalue weighted by molar-refractivity contribution is 0.150. The summed E-state index contributed by atoms with van der Waals surface area (Å²) in [4.78, 5) is 0. The molecule has 0 aliphatic heterocycles. The zero-order chi connectivity index (χ0) is 13.0. The van der Waals surface area contributed by atoms with Crippen LogP contribution in [0, 0.1) is 5.82 Å². The number of halogens is 1. The molecule has 2 rings (SSSR count). The number of hydrogen-bond acceptors (Lipinski definition) is 2. The van der Waals surface area contributed by atoms with Crippen LogP contribution in [0.3, 0.4) is 0 Å². The zero-order valence-electron chi connectivity index (χ0n) is 11.0. The first-order valence-corrected chi connectivity index (χ1v) is 6.79. The van der Waals surface area contributed by atoms with Gasteiger partial charge in [0.1, 0.15) is 5.82 Å². The number of rotatable bonds is 4. The average molecular weight is 251 g/mol. The van der Waals surface area contributed by atoms with Gasteiger partial charge in [0.2, 0.25) is 0 Å². The SMILES string of the molecule is CC(CO)(NC1CCCCC1)c1ccc(F)cc1. The molecule has 2 N–H and O–H groups in total. The summed E-state index contributed by atoms with van der Waals surface area (Å²) in [6.07, 6.45) is 6.14. The average Bonchev–Trinajstić information content (AvgIpc) is 2.40. The molecule has 1 aliphatic rings. The first-order valence-electron chi connectivity index (χ1n) is 6.79. The molecule has 2 nitrogen and oxygen atoms in total. The third kappa shape index (κ3) is 3.09. The standard InChI is InChI=1S/C15H22FNO/c1-15(11-18,12-7-9-13(16)10-8-12)17-14-5-3-2-4-6-14/h7-10,14,17-18H,2-6,11H2,1H3. The Morgan fingerprint density at radius 3 is 2.39 bits per heavy atom. The molecule has 100 valence electrons. The molecule has 0 spiro atoms. The summed E-state index contributed by atoms with van der Waals surface area (Å²) in [7, 11) is 0. The molecule has 1 aromatic carbocycles. The van der Waals surface area contributed by atoms with Crippen LogP contribution in [-0.4, -0.2) is 17.8 Å². The highest BCUT2D eigenvalue weighted by Gasteiger charge is 2.29. The maximum absolute atomic E-state index is 13.0. The van der Waals surface area contributed by atoms with Crippen LogP contribution in [0.1, 0.15) is 44.6 Å². The Morgan fingerprint density at radius 1 is 1.22 bits per heavy atom. The molecule has 1 unspecified atom stereocenters. The fourth-order valence-electron chi connectivity index (χ4n) is 2.74. The van der Waals surface area contributed by atoms with E-state index in [2.05, 4.69) is 5.32 Å². The second kappa shape index (κ2) is 5.81. The maximum atomic E-state index is 13.0. The molecule has 1 aliphatic carbocycles. The van der Waals surface area contributed by atoms with Crippen LogP contribution in [0.5, 0.6) is 0 Å². The van der Waals surface area contributed by atoms with Crippen LogP contribution >= 0.6 is 0 Å². The summed E-state index contributed by atoms with van der Waals surface area (Å²) in [6.45, 7) is 2.00. The van der Waals surface area contributed by atoms with E-state index in [0.29, 0.717) is 6.04 Å². The Kier molecular flexibility index (Phi) is 4.36. The molecule has 1 aromatic rings. The summed E-state index contributed by atoms with van der Waals surface area (Å²) < 4.78 is 13.0. The Balaban J connectivity index is 2.10. The predicted molar refractivity (Wildman–Crippen MR) is 70.8 cm³/mol. The van der Waals surface area contributed by atoms with Crippen molar-refractivity contribution in [3.05, 3.63) is 35.6 Å². The van der Waals surface area contributed by atoms with Gasteiger partial charge < -0.3 is 10.4 Å². The van der Waals surface area contributed by atoms with Gasteiger partial charge >= 0.3 is 0 Å². The molecule has 0 radical (unpaired) electrons. The second-order valence-electron chi connectivity index (χ2n) is 5.48. The van der Waals surface area contributed by atoms with Crippen LogP contribution in [0.2, 0.25) is 0 Å². The van der Waals surface area contributed by atoms with Crippen LogP contribution in [0.4, 0.5) is 4.39 Å². The van der Waals surface area contributed by atoms with Crippen LogP contribution in [0.15, 0.2) is 24.3 Å². The van der Waals surface area contributed by atoms with Crippen molar-refractivity contribution in [3.8, 4) is 0 Å². The Labute approximate surface area is 108 Å². The van der Waals surface area contributed by atoms with Crippen molar-refractivity contribution in [1.82, 2.24) is 5.32 Å². The molecule has 0 aromatic heterocycles. The molecule has 0 bridgehead atoms. The van der Waals surface area contributed by atoms with E-state index in [1.165, 1.54) is 31.4 Å². The molecule has 0 heterocycles. The summed E-state index contributed by atoms with van der Waals surface area (Å²) in [5.74, 6) is -0.239. The molecule has 0 saturated heterocycles. The van der Waals surface area contributed by atoms with E-state index in [0.717, 1.165) is 18.4 Å². The topological polar surface area (TPSA) is 32.3 Å². The third-order valence-corrected chi connectivity index (χ3v) is 3.93. The molecular weight excluding hydrogens is 229 g/mol. The summed E-state index contributed by atoms with van der Waals surface area (Å²) in [5.41, 5.74) is 0.465. The van der Waals surface area contributed by atoms with Gasteiger partial charge in [-0.2, -0.15) is 0 Å². The monoisotopic (exact) mass is 251 g/mol. The van der Waals surface area contributed by atoms with E-state index >= 15 is 0 Å². The lowest BCUT2D eigenvalue weighted by atomic mass is 9.88. The highest BCUT2D eigenvalue weighted by atomic mass is 19.1.